The quantitative estimate of drug-likeness (QED) is 0.0645. The van der Waals surface area contributed by atoms with Gasteiger partial charge in [-0.1, -0.05) is 163 Å². The molecule has 2 aliphatic carbocycles. The summed E-state index contributed by atoms with van der Waals surface area (Å²) in [7, 11) is -1.15. The molecule has 0 bridgehead atoms. The van der Waals surface area contributed by atoms with Crippen LogP contribution < -0.4 is 14.7 Å². The van der Waals surface area contributed by atoms with Gasteiger partial charge in [-0.3, -0.25) is 0 Å². The second-order valence-corrected chi connectivity index (χ2v) is 23.5. The van der Waals surface area contributed by atoms with Gasteiger partial charge in [-0.05, 0) is 194 Å². The van der Waals surface area contributed by atoms with E-state index in [0.29, 0.717) is 15.7 Å². The molecule has 0 saturated carbocycles. The summed E-state index contributed by atoms with van der Waals surface area (Å²) in [5.74, 6) is 3.67. The summed E-state index contributed by atoms with van der Waals surface area (Å²) in [6.45, 7) is 27.4. The Morgan fingerprint density at radius 2 is 1.29 bits per heavy atom. The van der Waals surface area contributed by atoms with Crippen LogP contribution in [-0.2, 0) is 0 Å². The predicted octanol–water partition coefficient (Wildman–Crippen LogP) is 19.1. The van der Waals surface area contributed by atoms with E-state index in [1.165, 1.54) is 33.7 Å². The zero-order valence-electron chi connectivity index (χ0n) is 44.9. The Bertz CT molecular complexity index is 2820. The van der Waals surface area contributed by atoms with Gasteiger partial charge in [0, 0.05) is 57.6 Å². The zero-order valence-corrected chi connectivity index (χ0v) is 45.7. The van der Waals surface area contributed by atoms with Crippen molar-refractivity contribution in [1.29, 1.82) is 0 Å². The molecule has 0 amide bonds. The molecule has 0 atom stereocenters. The highest BCUT2D eigenvalue weighted by molar-refractivity contribution is 8.38. The van der Waals surface area contributed by atoms with Gasteiger partial charge < -0.3 is 14.7 Å². The van der Waals surface area contributed by atoms with Crippen molar-refractivity contribution in [2.75, 3.05) is 21.2 Å². The van der Waals surface area contributed by atoms with Crippen LogP contribution >= 0.6 is 10.0 Å². The number of anilines is 4. The first kappa shape index (κ1) is 54.4. The standard InChI is InChI=1S/C68H79N3S/c1-12-17-28-64(27-15-4)70(61(16-5)26-14-3)67-45-39-60(40-46-67)59-35-43-63(44-36-59)69(62-41-33-56(34-42-62)50-52-72(53(6)7,54(8)9)55(10)11)51-49-57(25-13-2)58-37-47-68(48-38-58)71(66-31-23-20-24-32-66)65-29-21-18-19-22-30-65/h12-18,20-35,37-43,45-48,53-55H,2,19,36,44,49,51H2,1,3-11H3/b17-12-,26-14-,27-15-,57-25+,61-16+,64-28+. The van der Waals surface area contributed by atoms with Crippen molar-refractivity contribution >= 4 is 43.9 Å². The van der Waals surface area contributed by atoms with Crippen molar-refractivity contribution in [2.24, 2.45) is 0 Å². The fourth-order valence-corrected chi connectivity index (χ4v) is 14.2. The largest absolute Gasteiger partial charge is 0.345 e. The molecule has 72 heavy (non-hydrogen) atoms. The Balaban J connectivity index is 1.33. The number of allylic oxidation sites excluding steroid dienone is 19. The molecule has 2 aliphatic rings. The smallest absolute Gasteiger partial charge is 0.0462 e. The van der Waals surface area contributed by atoms with E-state index in [1.807, 2.05) is 6.08 Å². The molecule has 0 unspecified atom stereocenters. The predicted molar refractivity (Wildman–Crippen MR) is 323 cm³/mol. The van der Waals surface area contributed by atoms with Crippen molar-refractivity contribution in [2.45, 2.75) is 111 Å². The summed E-state index contributed by atoms with van der Waals surface area (Å²) in [5, 5.41) is 5.49. The van der Waals surface area contributed by atoms with E-state index in [1.54, 1.807) is 0 Å². The summed E-state index contributed by atoms with van der Waals surface area (Å²) in [4.78, 5) is 7.17. The Kier molecular flexibility index (Phi) is 20.4. The second-order valence-electron chi connectivity index (χ2n) is 18.9. The minimum Gasteiger partial charge on any atom is -0.345 e. The number of rotatable bonds is 20. The van der Waals surface area contributed by atoms with Crippen molar-refractivity contribution < 1.29 is 0 Å². The first-order chi connectivity index (χ1) is 35.0. The Morgan fingerprint density at radius 1 is 0.653 bits per heavy atom. The number of benzene rings is 4. The van der Waals surface area contributed by atoms with Gasteiger partial charge in [0.25, 0.3) is 0 Å². The third-order valence-corrected chi connectivity index (χ3v) is 18.6. The molecule has 6 rings (SSSR count). The number of para-hydroxylation sites is 1. The van der Waals surface area contributed by atoms with Gasteiger partial charge in [-0.15, -0.1) is 0 Å². The highest BCUT2D eigenvalue weighted by Gasteiger charge is 2.33. The average molecular weight is 970 g/mol. The SMILES string of the molecule is C=C/C=C(\CCN(C1=CC=C(c2ccc(N(C(/C=C\C)=C/C)C(/C=C\C)=C/C=C\C)cc2)CC1)c1ccc(C#CS(C(C)C)(C(C)C)C(C)C)cc1)c1ccc(N(C2=CC=CCC=C2)c2ccccc2)cc1. The molecule has 0 saturated heterocycles. The molecule has 4 heteroatoms. The molecule has 0 heterocycles. The lowest BCUT2D eigenvalue weighted by molar-refractivity contribution is 0.828. The Labute approximate surface area is 437 Å². The molecule has 0 radical (unpaired) electrons. The topological polar surface area (TPSA) is 9.72 Å². The van der Waals surface area contributed by atoms with E-state index >= 15 is 0 Å². The van der Waals surface area contributed by atoms with Gasteiger partial charge in [0.15, 0.2) is 0 Å². The normalized spacial score (nSPS) is 15.0. The van der Waals surface area contributed by atoms with E-state index in [4.69, 9.17) is 0 Å². The summed E-state index contributed by atoms with van der Waals surface area (Å²) < 4.78 is 0. The maximum absolute atomic E-state index is 4.17. The van der Waals surface area contributed by atoms with E-state index in [9.17, 15) is 0 Å². The van der Waals surface area contributed by atoms with Crippen LogP contribution in [0.1, 0.15) is 112 Å². The monoisotopic (exact) mass is 970 g/mol. The van der Waals surface area contributed by atoms with Crippen LogP contribution in [0.2, 0.25) is 0 Å². The Hall–Kier alpha value is -6.93. The summed E-state index contributed by atoms with van der Waals surface area (Å²) in [6, 6.07) is 37.7. The van der Waals surface area contributed by atoms with E-state index in [2.05, 4.69) is 302 Å². The highest BCUT2D eigenvalue weighted by atomic mass is 32.3. The van der Waals surface area contributed by atoms with Crippen LogP contribution in [0.15, 0.2) is 236 Å². The van der Waals surface area contributed by atoms with Crippen LogP contribution in [0.25, 0.3) is 11.1 Å². The Morgan fingerprint density at radius 3 is 1.89 bits per heavy atom. The van der Waals surface area contributed by atoms with Gasteiger partial charge >= 0.3 is 0 Å². The fourth-order valence-electron chi connectivity index (χ4n) is 9.97. The number of nitrogens with zero attached hydrogens (tertiary/aromatic N) is 3. The lowest BCUT2D eigenvalue weighted by atomic mass is 9.94. The fraction of sp³-hybridized carbons (Fsp3) is 0.265. The highest BCUT2D eigenvalue weighted by Crippen LogP contribution is 2.59. The summed E-state index contributed by atoms with van der Waals surface area (Å²) in [6.07, 6.45) is 40.4. The summed E-state index contributed by atoms with van der Waals surface area (Å²) >= 11 is 0. The third-order valence-electron chi connectivity index (χ3n) is 13.5. The van der Waals surface area contributed by atoms with E-state index in [0.717, 1.165) is 71.9 Å². The third kappa shape index (κ3) is 13.5. The van der Waals surface area contributed by atoms with Crippen LogP contribution in [0, 0.1) is 11.2 Å². The van der Waals surface area contributed by atoms with Crippen LogP contribution in [0.4, 0.5) is 22.7 Å². The zero-order chi connectivity index (χ0) is 51.5. The molecule has 0 N–H and O–H groups in total. The molecule has 4 aromatic rings. The lowest BCUT2D eigenvalue weighted by Crippen LogP contribution is -2.27. The molecular formula is C68H79N3S. The van der Waals surface area contributed by atoms with Crippen LogP contribution in [-0.4, -0.2) is 22.3 Å². The molecule has 0 spiro atoms. The average Bonchev–Trinajstić information content (AvgIpc) is 3.68. The van der Waals surface area contributed by atoms with Crippen LogP contribution in [0.5, 0.6) is 0 Å². The van der Waals surface area contributed by atoms with Gasteiger partial charge in [-0.2, -0.15) is 10.0 Å². The van der Waals surface area contributed by atoms with Crippen molar-refractivity contribution in [3.05, 3.63) is 252 Å². The van der Waals surface area contributed by atoms with Crippen molar-refractivity contribution in [3.63, 3.8) is 0 Å². The minimum atomic E-state index is -1.15. The van der Waals surface area contributed by atoms with Crippen LogP contribution in [0.3, 0.4) is 0 Å². The maximum Gasteiger partial charge on any atom is 0.0462 e. The molecule has 372 valence electrons. The first-order valence-electron chi connectivity index (χ1n) is 26.0. The molecule has 0 aromatic heterocycles. The number of hydrogen-bond donors (Lipinski definition) is 0. The molecule has 3 nitrogen and oxygen atoms in total. The molecular weight excluding hydrogens is 891 g/mol. The summed E-state index contributed by atoms with van der Waals surface area (Å²) in [5.41, 5.74) is 15.3. The van der Waals surface area contributed by atoms with Crippen molar-refractivity contribution in [1.82, 2.24) is 0 Å². The van der Waals surface area contributed by atoms with E-state index in [-0.39, 0.29) is 0 Å². The van der Waals surface area contributed by atoms with Gasteiger partial charge in [0.1, 0.15) is 0 Å². The lowest BCUT2D eigenvalue weighted by Gasteiger charge is -2.46. The molecule has 0 aliphatic heterocycles. The first-order valence-corrected chi connectivity index (χ1v) is 27.9. The van der Waals surface area contributed by atoms with E-state index < -0.39 is 10.0 Å². The van der Waals surface area contributed by atoms with Gasteiger partial charge in [0.05, 0.1) is 0 Å². The van der Waals surface area contributed by atoms with Crippen molar-refractivity contribution in [3.8, 4) is 11.2 Å². The minimum absolute atomic E-state index is 0.532. The van der Waals surface area contributed by atoms with Gasteiger partial charge in [-0.25, -0.2) is 0 Å². The molecule has 4 aromatic carbocycles. The van der Waals surface area contributed by atoms with Gasteiger partial charge in [0.2, 0.25) is 0 Å². The second kappa shape index (κ2) is 27.0. The molecule has 0 fully saturated rings. The number of hydrogen-bond acceptors (Lipinski definition) is 3. The maximum atomic E-state index is 4.17.